The fourth-order valence-electron chi connectivity index (χ4n) is 4.54. The number of aromatic hydroxyl groups is 2. The number of alkyl halides is 2. The fraction of sp³-hybridized carbons (Fsp3) is 0.156. The van der Waals surface area contributed by atoms with Crippen LogP contribution in [0.4, 0.5) is 8.78 Å². The lowest BCUT2D eigenvalue weighted by Gasteiger charge is -2.26. The number of amides is 1. The smallest absolute Gasteiger partial charge is 0.291 e. The first-order valence-corrected chi connectivity index (χ1v) is 12.4. The van der Waals surface area contributed by atoms with Gasteiger partial charge in [-0.2, -0.15) is 8.78 Å². The second-order valence-electron chi connectivity index (χ2n) is 9.14. The molecule has 3 aromatic carbocycles. The second-order valence-corrected chi connectivity index (χ2v) is 9.14. The summed E-state index contributed by atoms with van der Waals surface area (Å²) in [7, 11) is 0. The number of phenolic OH excluding ortho intramolecular Hbond substituents is 2. The summed E-state index contributed by atoms with van der Waals surface area (Å²) in [6.45, 7) is 5.08. The topological polar surface area (TPSA) is 81.0 Å². The molecule has 0 saturated heterocycles. The average Bonchev–Trinajstić information content (AvgIpc) is 3.09. The van der Waals surface area contributed by atoms with Gasteiger partial charge in [0.05, 0.1) is 0 Å². The van der Waals surface area contributed by atoms with E-state index in [0.29, 0.717) is 40.5 Å². The normalized spacial score (nSPS) is 15.2. The van der Waals surface area contributed by atoms with Gasteiger partial charge in [-0.3, -0.25) is 4.79 Å². The zero-order valence-electron chi connectivity index (χ0n) is 21.4. The molecule has 0 aromatic heterocycles. The van der Waals surface area contributed by atoms with Crippen LogP contribution >= 0.6 is 0 Å². The van der Waals surface area contributed by atoms with Crippen LogP contribution in [0.3, 0.4) is 0 Å². The van der Waals surface area contributed by atoms with Crippen LogP contribution in [-0.4, -0.2) is 32.7 Å². The van der Waals surface area contributed by atoms with Gasteiger partial charge in [-0.25, -0.2) is 0 Å². The molecule has 1 aliphatic heterocycles. The molecule has 39 heavy (non-hydrogen) atoms. The predicted octanol–water partition coefficient (Wildman–Crippen LogP) is 7.11. The molecule has 0 bridgehead atoms. The zero-order valence-corrected chi connectivity index (χ0v) is 21.4. The van der Waals surface area contributed by atoms with Gasteiger partial charge in [-0.15, -0.1) is 0 Å². The molecule has 3 N–H and O–H groups in total. The number of halogens is 2. The molecule has 0 saturated carbocycles. The number of carbonyl (C=O) groups excluding carboxylic acids is 1. The monoisotopic (exact) mass is 529 g/mol. The number of aliphatic hydroxyl groups is 1. The number of phenols is 2. The molecule has 200 valence electrons. The Hall–Kier alpha value is -4.65. The van der Waals surface area contributed by atoms with Crippen LogP contribution in [-0.2, 0) is 17.1 Å². The van der Waals surface area contributed by atoms with Gasteiger partial charge in [0.1, 0.15) is 17.3 Å². The highest BCUT2D eigenvalue weighted by atomic mass is 19.3. The van der Waals surface area contributed by atoms with Crippen LogP contribution in [0.25, 0.3) is 11.1 Å². The molecule has 0 atom stereocenters. The first-order chi connectivity index (χ1) is 18.6. The van der Waals surface area contributed by atoms with Gasteiger partial charge in [0.15, 0.2) is 0 Å². The molecule has 7 heteroatoms. The summed E-state index contributed by atoms with van der Waals surface area (Å²) in [6, 6.07) is 18.7. The van der Waals surface area contributed by atoms with Crippen LogP contribution < -0.4 is 0 Å². The minimum absolute atomic E-state index is 0.0304. The standard InChI is InChI=1S/C32H29F2NO4/c1-3-27-30(22-8-14-25(36)15-9-22)31(23-10-16-26(37)17-11-23)28(38)19-20-35(27)29(39)18-7-21-5-12-24(13-6-21)32(33,34)4-2/h3-6,8-17,19,36-38H,2,7,18,20H2,1H3/b27-3-. The lowest BCUT2D eigenvalue weighted by Crippen LogP contribution is -2.31. The first kappa shape index (κ1) is 27.4. The number of rotatable bonds is 7. The molecule has 0 spiro atoms. The molecule has 1 aliphatic rings. The summed E-state index contributed by atoms with van der Waals surface area (Å²) >= 11 is 0. The van der Waals surface area contributed by atoms with Crippen LogP contribution in [0.5, 0.6) is 11.5 Å². The van der Waals surface area contributed by atoms with Gasteiger partial charge in [-0.1, -0.05) is 61.2 Å². The third-order valence-corrected chi connectivity index (χ3v) is 6.63. The van der Waals surface area contributed by atoms with Crippen LogP contribution in [0, 0.1) is 0 Å². The average molecular weight is 530 g/mol. The molecule has 1 heterocycles. The SMILES string of the molecule is C=CC(F)(F)c1ccc(CCC(=O)N2CC=C(O)C(c3ccc(O)cc3)=C(c3ccc(O)cc3)/C2=C/C)cc1. The highest BCUT2D eigenvalue weighted by Gasteiger charge is 2.29. The van der Waals surface area contributed by atoms with Crippen molar-refractivity contribution in [3.05, 3.63) is 131 Å². The summed E-state index contributed by atoms with van der Waals surface area (Å²) in [5.41, 5.74) is 3.50. The Bertz CT molecular complexity index is 1450. The van der Waals surface area contributed by atoms with Crippen molar-refractivity contribution in [3.63, 3.8) is 0 Å². The lowest BCUT2D eigenvalue weighted by molar-refractivity contribution is -0.128. The third kappa shape index (κ3) is 5.93. The van der Waals surface area contributed by atoms with Gasteiger partial charge >= 0.3 is 0 Å². The van der Waals surface area contributed by atoms with E-state index in [1.807, 2.05) is 0 Å². The van der Waals surface area contributed by atoms with Gasteiger partial charge in [0.25, 0.3) is 5.92 Å². The van der Waals surface area contributed by atoms with E-state index in [1.54, 1.807) is 60.4 Å². The summed E-state index contributed by atoms with van der Waals surface area (Å²) < 4.78 is 27.7. The minimum atomic E-state index is -3.12. The van der Waals surface area contributed by atoms with E-state index in [1.165, 1.54) is 36.4 Å². The molecule has 0 aliphatic carbocycles. The van der Waals surface area contributed by atoms with E-state index >= 15 is 0 Å². The summed E-state index contributed by atoms with van der Waals surface area (Å²) in [5, 5.41) is 30.8. The van der Waals surface area contributed by atoms with Gasteiger partial charge in [0.2, 0.25) is 5.91 Å². The van der Waals surface area contributed by atoms with E-state index in [2.05, 4.69) is 6.58 Å². The quantitative estimate of drug-likeness (QED) is 0.285. The Morgan fingerprint density at radius 1 is 0.897 bits per heavy atom. The van der Waals surface area contributed by atoms with Crippen LogP contribution in [0.2, 0.25) is 0 Å². The number of nitrogens with zero attached hydrogens (tertiary/aromatic N) is 1. The van der Waals surface area contributed by atoms with Crippen molar-refractivity contribution >= 4 is 17.1 Å². The van der Waals surface area contributed by atoms with Gasteiger partial charge in [0, 0.05) is 35.4 Å². The third-order valence-electron chi connectivity index (χ3n) is 6.63. The Kier molecular flexibility index (Phi) is 8.00. The van der Waals surface area contributed by atoms with E-state index in [4.69, 9.17) is 0 Å². The minimum Gasteiger partial charge on any atom is -0.508 e. The van der Waals surface area contributed by atoms with Crippen molar-refractivity contribution in [3.8, 4) is 11.5 Å². The summed E-state index contributed by atoms with van der Waals surface area (Å²) in [5.74, 6) is -3.22. The Morgan fingerprint density at radius 3 is 1.95 bits per heavy atom. The highest BCUT2D eigenvalue weighted by molar-refractivity contribution is 6.05. The fourth-order valence-corrected chi connectivity index (χ4v) is 4.54. The number of aryl methyl sites for hydroxylation is 1. The molecule has 1 amide bonds. The number of allylic oxidation sites excluding steroid dienone is 4. The highest BCUT2D eigenvalue weighted by Crippen LogP contribution is 2.40. The number of aliphatic hydroxyl groups excluding tert-OH is 1. The lowest BCUT2D eigenvalue weighted by atomic mass is 9.90. The molecule has 4 rings (SSSR count). The number of benzene rings is 3. The zero-order chi connectivity index (χ0) is 28.2. The molecule has 0 fully saturated rings. The second kappa shape index (κ2) is 11.4. The Morgan fingerprint density at radius 2 is 1.44 bits per heavy atom. The molecular formula is C32H29F2NO4. The van der Waals surface area contributed by atoms with E-state index in [9.17, 15) is 28.9 Å². The summed E-state index contributed by atoms with van der Waals surface area (Å²) in [4.78, 5) is 15.1. The largest absolute Gasteiger partial charge is 0.508 e. The number of hydrogen-bond acceptors (Lipinski definition) is 4. The first-order valence-electron chi connectivity index (χ1n) is 12.4. The molecular weight excluding hydrogens is 500 g/mol. The maximum absolute atomic E-state index is 13.9. The number of hydrogen-bond donors (Lipinski definition) is 3. The van der Waals surface area contributed by atoms with Gasteiger partial charge < -0.3 is 20.2 Å². The van der Waals surface area contributed by atoms with Crippen molar-refractivity contribution in [2.75, 3.05) is 6.54 Å². The van der Waals surface area contributed by atoms with Crippen LogP contribution in [0.15, 0.2) is 109 Å². The molecule has 0 unspecified atom stereocenters. The van der Waals surface area contributed by atoms with Crippen LogP contribution in [0.1, 0.15) is 35.6 Å². The number of carbonyl (C=O) groups is 1. The van der Waals surface area contributed by atoms with Crippen molar-refractivity contribution in [1.29, 1.82) is 0 Å². The van der Waals surface area contributed by atoms with Crippen molar-refractivity contribution in [2.45, 2.75) is 25.7 Å². The van der Waals surface area contributed by atoms with Gasteiger partial charge in [-0.05, 0) is 66.5 Å². The van der Waals surface area contributed by atoms with Crippen molar-refractivity contribution in [1.82, 2.24) is 4.90 Å². The molecule has 0 radical (unpaired) electrons. The Labute approximate surface area is 226 Å². The predicted molar refractivity (Wildman–Crippen MR) is 148 cm³/mol. The van der Waals surface area contributed by atoms with E-state index in [0.717, 1.165) is 5.56 Å². The van der Waals surface area contributed by atoms with E-state index in [-0.39, 0.29) is 41.7 Å². The molecule has 5 nitrogen and oxygen atoms in total. The maximum atomic E-state index is 13.9. The summed E-state index contributed by atoms with van der Waals surface area (Å²) in [6.07, 6.45) is 4.39. The van der Waals surface area contributed by atoms with E-state index < -0.39 is 5.92 Å². The van der Waals surface area contributed by atoms with Crippen molar-refractivity contribution in [2.24, 2.45) is 0 Å². The maximum Gasteiger partial charge on any atom is 0.291 e. The van der Waals surface area contributed by atoms with Crippen molar-refractivity contribution < 1.29 is 28.9 Å². The Balaban J connectivity index is 1.69. The molecule has 3 aromatic rings.